The van der Waals surface area contributed by atoms with E-state index in [1.54, 1.807) is 43.5 Å². The Morgan fingerprint density at radius 1 is 1.00 bits per heavy atom. The largest absolute Gasteiger partial charge is 0.497 e. The third kappa shape index (κ3) is 5.64. The van der Waals surface area contributed by atoms with Crippen molar-refractivity contribution in [1.29, 1.82) is 0 Å². The van der Waals surface area contributed by atoms with Gasteiger partial charge in [0.15, 0.2) is 0 Å². The van der Waals surface area contributed by atoms with Gasteiger partial charge < -0.3 is 24.6 Å². The van der Waals surface area contributed by atoms with E-state index in [9.17, 15) is 14.7 Å². The summed E-state index contributed by atoms with van der Waals surface area (Å²) in [4.78, 5) is 23.8. The maximum absolute atomic E-state index is 12.5. The van der Waals surface area contributed by atoms with E-state index in [0.29, 0.717) is 22.8 Å². The van der Waals surface area contributed by atoms with Crippen LogP contribution in [0, 0.1) is 0 Å². The summed E-state index contributed by atoms with van der Waals surface area (Å²) in [5.41, 5.74) is 1.34. The summed E-state index contributed by atoms with van der Waals surface area (Å²) in [6.07, 6.45) is -0.168. The van der Waals surface area contributed by atoms with E-state index in [0.717, 1.165) is 5.56 Å². The Labute approximate surface area is 157 Å². The number of hydrogen-bond acceptors (Lipinski definition) is 5. The van der Waals surface area contributed by atoms with Crippen LogP contribution >= 0.6 is 0 Å². The lowest BCUT2D eigenvalue weighted by Crippen LogP contribution is -2.31. The van der Waals surface area contributed by atoms with Crippen molar-refractivity contribution in [2.75, 3.05) is 21.3 Å². The second-order valence-corrected chi connectivity index (χ2v) is 5.85. The number of carboxylic acid groups (broad SMARTS) is 1. The predicted octanol–water partition coefficient (Wildman–Crippen LogP) is 2.59. The summed E-state index contributed by atoms with van der Waals surface area (Å²) in [5, 5.41) is 12.0. The number of nitrogens with one attached hydrogen (secondary N) is 1. The molecule has 2 aromatic rings. The van der Waals surface area contributed by atoms with Gasteiger partial charge in [-0.1, -0.05) is 12.1 Å². The van der Waals surface area contributed by atoms with Crippen molar-refractivity contribution >= 4 is 11.9 Å². The zero-order valence-corrected chi connectivity index (χ0v) is 15.5. The quantitative estimate of drug-likeness (QED) is 0.702. The van der Waals surface area contributed by atoms with Gasteiger partial charge in [-0.3, -0.25) is 9.59 Å². The smallest absolute Gasteiger partial charge is 0.305 e. The van der Waals surface area contributed by atoms with Gasteiger partial charge in [0.25, 0.3) is 0 Å². The van der Waals surface area contributed by atoms with Crippen LogP contribution in [0.5, 0.6) is 17.2 Å². The van der Waals surface area contributed by atoms with E-state index >= 15 is 0 Å². The van der Waals surface area contributed by atoms with Crippen LogP contribution in [-0.2, 0) is 16.0 Å². The van der Waals surface area contributed by atoms with Gasteiger partial charge in [-0.2, -0.15) is 0 Å². The second kappa shape index (κ2) is 9.47. The molecule has 0 fully saturated rings. The molecule has 7 heteroatoms. The van der Waals surface area contributed by atoms with Crippen molar-refractivity contribution < 1.29 is 28.9 Å². The molecule has 2 N–H and O–H groups in total. The number of carbonyl (C=O) groups is 2. The Morgan fingerprint density at radius 3 is 2.33 bits per heavy atom. The molecule has 1 amide bonds. The van der Waals surface area contributed by atoms with Crippen molar-refractivity contribution in [3.63, 3.8) is 0 Å². The lowest BCUT2D eigenvalue weighted by Gasteiger charge is -2.20. The summed E-state index contributed by atoms with van der Waals surface area (Å²) in [6, 6.07) is 11.5. The van der Waals surface area contributed by atoms with Crippen molar-refractivity contribution in [3.8, 4) is 17.2 Å². The Balaban J connectivity index is 2.21. The van der Waals surface area contributed by atoms with Gasteiger partial charge >= 0.3 is 5.97 Å². The lowest BCUT2D eigenvalue weighted by molar-refractivity contribution is -0.137. The van der Waals surface area contributed by atoms with Gasteiger partial charge in [-0.25, -0.2) is 0 Å². The minimum absolute atomic E-state index is 0.103. The number of methoxy groups -OCH3 is 3. The molecular weight excluding hydrogens is 350 g/mol. The van der Waals surface area contributed by atoms with Crippen LogP contribution in [0.4, 0.5) is 0 Å². The molecule has 0 spiro atoms. The molecule has 27 heavy (non-hydrogen) atoms. The van der Waals surface area contributed by atoms with E-state index < -0.39 is 12.0 Å². The number of hydrogen-bond donors (Lipinski definition) is 2. The topological polar surface area (TPSA) is 94.1 Å². The zero-order valence-electron chi connectivity index (χ0n) is 15.5. The maximum Gasteiger partial charge on any atom is 0.305 e. The monoisotopic (exact) mass is 373 g/mol. The van der Waals surface area contributed by atoms with Gasteiger partial charge in [-0.15, -0.1) is 0 Å². The van der Waals surface area contributed by atoms with E-state index in [1.807, 2.05) is 6.07 Å². The van der Waals surface area contributed by atoms with Crippen LogP contribution in [0.3, 0.4) is 0 Å². The third-order valence-electron chi connectivity index (χ3n) is 4.03. The van der Waals surface area contributed by atoms with Gasteiger partial charge in [0, 0.05) is 11.6 Å². The zero-order chi connectivity index (χ0) is 19.8. The maximum atomic E-state index is 12.5. The Kier molecular flexibility index (Phi) is 7.05. The standard InChI is InChI=1S/C20H23NO6/c1-25-14-6-4-5-13(9-14)10-19(22)21-17(12-20(23)24)16-8-7-15(26-2)11-18(16)27-3/h4-9,11,17H,10,12H2,1-3H3,(H,21,22)(H,23,24)/t17-/m0/s1. The Bertz CT molecular complexity index is 805. The molecule has 0 saturated heterocycles. The first-order valence-corrected chi connectivity index (χ1v) is 8.32. The summed E-state index contributed by atoms with van der Waals surface area (Å²) in [5.74, 6) is 0.348. The number of carboxylic acids is 1. The normalized spacial score (nSPS) is 11.4. The van der Waals surface area contributed by atoms with Gasteiger partial charge in [0.2, 0.25) is 5.91 Å². The summed E-state index contributed by atoms with van der Waals surface area (Å²) in [6.45, 7) is 0. The highest BCUT2D eigenvalue weighted by Crippen LogP contribution is 2.31. The van der Waals surface area contributed by atoms with Crippen molar-refractivity contribution in [2.45, 2.75) is 18.9 Å². The molecular formula is C20H23NO6. The molecule has 144 valence electrons. The molecule has 7 nitrogen and oxygen atoms in total. The third-order valence-corrected chi connectivity index (χ3v) is 4.03. The summed E-state index contributed by atoms with van der Waals surface area (Å²) in [7, 11) is 4.56. The molecule has 0 aromatic heterocycles. The van der Waals surface area contributed by atoms with Gasteiger partial charge in [-0.05, 0) is 29.8 Å². The van der Waals surface area contributed by atoms with Crippen LogP contribution in [-0.4, -0.2) is 38.3 Å². The molecule has 2 rings (SSSR count). The van der Waals surface area contributed by atoms with E-state index in [-0.39, 0.29) is 18.7 Å². The van der Waals surface area contributed by atoms with Crippen LogP contribution in [0.2, 0.25) is 0 Å². The van der Waals surface area contributed by atoms with Crippen LogP contribution in [0.1, 0.15) is 23.6 Å². The molecule has 0 aliphatic carbocycles. The number of benzene rings is 2. The highest BCUT2D eigenvalue weighted by Gasteiger charge is 2.22. The second-order valence-electron chi connectivity index (χ2n) is 5.85. The van der Waals surface area contributed by atoms with Gasteiger partial charge in [0.05, 0.1) is 40.2 Å². The molecule has 0 unspecified atom stereocenters. The van der Waals surface area contributed by atoms with Crippen LogP contribution in [0.15, 0.2) is 42.5 Å². The molecule has 0 bridgehead atoms. The van der Waals surface area contributed by atoms with Crippen LogP contribution in [0.25, 0.3) is 0 Å². The highest BCUT2D eigenvalue weighted by atomic mass is 16.5. The average molecular weight is 373 g/mol. The number of amides is 1. The first-order valence-electron chi connectivity index (χ1n) is 8.32. The molecule has 0 aliphatic heterocycles. The number of carbonyl (C=O) groups excluding carboxylic acids is 1. The fraction of sp³-hybridized carbons (Fsp3) is 0.300. The number of rotatable bonds is 9. The molecule has 0 radical (unpaired) electrons. The van der Waals surface area contributed by atoms with E-state index in [2.05, 4.69) is 5.32 Å². The first kappa shape index (κ1) is 20.1. The van der Waals surface area contributed by atoms with E-state index in [1.165, 1.54) is 14.2 Å². The van der Waals surface area contributed by atoms with Crippen molar-refractivity contribution in [3.05, 3.63) is 53.6 Å². The Morgan fingerprint density at radius 2 is 1.70 bits per heavy atom. The van der Waals surface area contributed by atoms with Crippen molar-refractivity contribution in [1.82, 2.24) is 5.32 Å². The SMILES string of the molecule is COc1cccc(CC(=O)N[C@@H](CC(=O)O)c2ccc(OC)cc2OC)c1. The van der Waals surface area contributed by atoms with Crippen LogP contribution < -0.4 is 19.5 Å². The minimum atomic E-state index is -1.03. The average Bonchev–Trinajstić information content (AvgIpc) is 2.66. The number of ether oxygens (including phenoxy) is 3. The number of aliphatic carboxylic acids is 1. The van der Waals surface area contributed by atoms with Crippen molar-refractivity contribution in [2.24, 2.45) is 0 Å². The molecule has 0 aliphatic rings. The van der Waals surface area contributed by atoms with E-state index in [4.69, 9.17) is 14.2 Å². The Hall–Kier alpha value is -3.22. The molecule has 1 atom stereocenters. The summed E-state index contributed by atoms with van der Waals surface area (Å²) >= 11 is 0. The fourth-order valence-corrected chi connectivity index (χ4v) is 2.73. The fourth-order valence-electron chi connectivity index (χ4n) is 2.73. The molecule has 2 aromatic carbocycles. The highest BCUT2D eigenvalue weighted by molar-refractivity contribution is 5.80. The molecule has 0 saturated carbocycles. The lowest BCUT2D eigenvalue weighted by atomic mass is 10.0. The predicted molar refractivity (Wildman–Crippen MR) is 99.4 cm³/mol. The first-order chi connectivity index (χ1) is 13.0. The summed E-state index contributed by atoms with van der Waals surface area (Å²) < 4.78 is 15.7. The minimum Gasteiger partial charge on any atom is -0.497 e. The molecule has 0 heterocycles. The van der Waals surface area contributed by atoms with Gasteiger partial charge in [0.1, 0.15) is 17.2 Å².